The highest BCUT2D eigenvalue weighted by Crippen LogP contribution is 2.41. The lowest BCUT2D eigenvalue weighted by Crippen LogP contribution is -2.33. The van der Waals surface area contributed by atoms with Crippen LogP contribution in [0.5, 0.6) is 11.5 Å². The number of aliphatic hydroxyl groups is 2. The van der Waals surface area contributed by atoms with Crippen LogP contribution in [0.1, 0.15) is 37.0 Å². The second-order valence-corrected chi connectivity index (χ2v) is 8.98. The fourth-order valence-electron chi connectivity index (χ4n) is 4.11. The van der Waals surface area contributed by atoms with Crippen molar-refractivity contribution >= 4 is 0 Å². The quantitative estimate of drug-likeness (QED) is 0.133. The van der Waals surface area contributed by atoms with Gasteiger partial charge in [0.1, 0.15) is 17.1 Å². The monoisotopic (exact) mass is 616 g/mol. The van der Waals surface area contributed by atoms with Crippen molar-refractivity contribution in [2.45, 2.75) is 25.9 Å². The van der Waals surface area contributed by atoms with Crippen LogP contribution in [0.15, 0.2) is 78.9 Å². The Labute approximate surface area is 263 Å². The average molecular weight is 617 g/mol. The van der Waals surface area contributed by atoms with E-state index in [1.165, 1.54) is 0 Å². The van der Waals surface area contributed by atoms with E-state index in [4.69, 9.17) is 38.3 Å². The Bertz CT molecular complexity index is 985. The first kappa shape index (κ1) is 39.0. The molecule has 0 aliphatic rings. The molecule has 0 aromatic heterocycles. The van der Waals surface area contributed by atoms with E-state index < -0.39 is 5.60 Å². The highest BCUT2D eigenvalue weighted by molar-refractivity contribution is 5.49. The van der Waals surface area contributed by atoms with Gasteiger partial charge in [-0.25, -0.2) is 0 Å². The van der Waals surface area contributed by atoms with Crippen LogP contribution in [0.25, 0.3) is 0 Å². The second kappa shape index (κ2) is 25.3. The Balaban J connectivity index is 0.000000513. The number of hydrogen-bond acceptors (Lipinski definition) is 9. The molecule has 2 N–H and O–H groups in total. The highest BCUT2D eigenvalue weighted by atomic mass is 16.6. The normalized spacial score (nSPS) is 10.7. The van der Waals surface area contributed by atoms with Gasteiger partial charge in [-0.2, -0.15) is 0 Å². The van der Waals surface area contributed by atoms with Crippen molar-refractivity contribution in [2.24, 2.45) is 0 Å². The lowest BCUT2D eigenvalue weighted by molar-refractivity contribution is -0.000973. The van der Waals surface area contributed by atoms with Crippen molar-refractivity contribution < 1.29 is 43.4 Å². The van der Waals surface area contributed by atoms with E-state index in [9.17, 15) is 5.11 Å². The summed E-state index contributed by atoms with van der Waals surface area (Å²) in [7, 11) is 4.94. The zero-order valence-electron chi connectivity index (χ0n) is 27.0. The molecule has 0 amide bonds. The highest BCUT2D eigenvalue weighted by Gasteiger charge is 2.37. The maximum Gasteiger partial charge on any atom is 0.143 e. The molecule has 246 valence electrons. The van der Waals surface area contributed by atoms with Crippen molar-refractivity contribution in [1.29, 1.82) is 0 Å². The lowest BCUT2D eigenvalue weighted by Gasteiger charge is -2.36. The Morgan fingerprint density at radius 1 is 0.500 bits per heavy atom. The molecule has 9 nitrogen and oxygen atoms in total. The van der Waals surface area contributed by atoms with Gasteiger partial charge in [0.15, 0.2) is 0 Å². The number of rotatable bonds is 20. The summed E-state index contributed by atoms with van der Waals surface area (Å²) >= 11 is 0. The van der Waals surface area contributed by atoms with Gasteiger partial charge in [0, 0.05) is 13.7 Å². The average Bonchev–Trinajstić information content (AvgIpc) is 3.09. The molecule has 0 bridgehead atoms. The molecule has 3 aromatic carbocycles. The minimum Gasteiger partial charge on any atom is -0.497 e. The predicted molar refractivity (Wildman–Crippen MR) is 173 cm³/mol. The zero-order valence-corrected chi connectivity index (χ0v) is 27.0. The van der Waals surface area contributed by atoms with E-state index in [2.05, 4.69) is 12.1 Å². The van der Waals surface area contributed by atoms with E-state index >= 15 is 0 Å². The van der Waals surface area contributed by atoms with Crippen LogP contribution >= 0.6 is 0 Å². The molecule has 0 spiro atoms. The summed E-state index contributed by atoms with van der Waals surface area (Å²) in [6.07, 6.45) is 0.556. The van der Waals surface area contributed by atoms with Gasteiger partial charge < -0.3 is 43.4 Å². The van der Waals surface area contributed by atoms with Crippen LogP contribution < -0.4 is 9.47 Å². The lowest BCUT2D eigenvalue weighted by atomic mass is 9.80. The molecule has 0 radical (unpaired) electrons. The molecule has 0 aliphatic heterocycles. The van der Waals surface area contributed by atoms with Crippen molar-refractivity contribution in [2.75, 3.05) is 87.4 Å². The van der Waals surface area contributed by atoms with E-state index in [0.29, 0.717) is 59.3 Å². The summed E-state index contributed by atoms with van der Waals surface area (Å²) in [4.78, 5) is 0. The SMILES string of the molecule is CC.COCCOCCOCCOCCO.COc1ccc(C(OCCCO)(c2ccccc2)c2ccc(OC)cc2)cc1. The summed E-state index contributed by atoms with van der Waals surface area (Å²) in [5.41, 5.74) is 2.18. The van der Waals surface area contributed by atoms with Crippen LogP contribution in [0, 0.1) is 0 Å². The zero-order chi connectivity index (χ0) is 32.3. The van der Waals surface area contributed by atoms with Crippen LogP contribution in [-0.2, 0) is 29.3 Å². The third-order valence-corrected chi connectivity index (χ3v) is 6.21. The minimum absolute atomic E-state index is 0.0557. The number of aliphatic hydroxyl groups excluding tert-OH is 2. The Morgan fingerprint density at radius 3 is 1.34 bits per heavy atom. The van der Waals surface area contributed by atoms with Crippen LogP contribution in [0.3, 0.4) is 0 Å². The Morgan fingerprint density at radius 2 is 0.932 bits per heavy atom. The number of ether oxygens (including phenoxy) is 7. The second-order valence-electron chi connectivity index (χ2n) is 8.98. The van der Waals surface area contributed by atoms with E-state index in [1.54, 1.807) is 21.3 Å². The van der Waals surface area contributed by atoms with Gasteiger partial charge in [0.05, 0.1) is 73.7 Å². The molecule has 0 aliphatic carbocycles. The topological polar surface area (TPSA) is 105 Å². The number of hydrogen-bond donors (Lipinski definition) is 2. The smallest absolute Gasteiger partial charge is 0.143 e. The Hall–Kier alpha value is -3.02. The summed E-state index contributed by atoms with van der Waals surface area (Å²) in [6.45, 7) is 8.32. The molecule has 0 atom stereocenters. The molecule has 0 saturated carbocycles. The first-order chi connectivity index (χ1) is 21.7. The van der Waals surface area contributed by atoms with Crippen LogP contribution in [0.4, 0.5) is 0 Å². The molecular formula is C35H52O9. The van der Waals surface area contributed by atoms with Crippen molar-refractivity contribution in [3.8, 4) is 11.5 Å². The molecule has 0 fully saturated rings. The fourth-order valence-corrected chi connectivity index (χ4v) is 4.11. The molecule has 0 heterocycles. The van der Waals surface area contributed by atoms with E-state index in [0.717, 1.165) is 28.2 Å². The van der Waals surface area contributed by atoms with Crippen LogP contribution in [-0.4, -0.2) is 97.6 Å². The summed E-state index contributed by atoms with van der Waals surface area (Å²) in [5.74, 6) is 1.58. The maximum atomic E-state index is 9.30. The molecule has 44 heavy (non-hydrogen) atoms. The molecular weight excluding hydrogens is 564 g/mol. The maximum absolute atomic E-state index is 9.30. The van der Waals surface area contributed by atoms with Gasteiger partial charge >= 0.3 is 0 Å². The fraction of sp³-hybridized carbons (Fsp3) is 0.486. The summed E-state index contributed by atoms with van der Waals surface area (Å²) < 4.78 is 37.4. The van der Waals surface area contributed by atoms with Gasteiger partial charge in [-0.05, 0) is 47.4 Å². The molecule has 3 aromatic rings. The summed E-state index contributed by atoms with van der Waals surface area (Å²) in [6, 6.07) is 26.0. The standard InChI is InChI=1S/C24H26O4.C9H20O5.C2H6/c1-26-22-13-9-20(10-14-22)24(28-18-6-17-25,19-7-4-3-5-8-19)21-11-15-23(27-2)16-12-21;1-11-4-5-13-8-9-14-7-6-12-3-2-10;1-2/h3-5,7-16,25H,6,17-18H2,1-2H3;10H,2-9H2,1H3;1-2H3. The van der Waals surface area contributed by atoms with E-state index in [1.807, 2.05) is 80.6 Å². The first-order valence-electron chi connectivity index (χ1n) is 15.1. The summed E-state index contributed by atoms with van der Waals surface area (Å²) in [5, 5.41) is 17.7. The molecule has 3 rings (SSSR count). The largest absolute Gasteiger partial charge is 0.497 e. The van der Waals surface area contributed by atoms with Crippen LogP contribution in [0.2, 0.25) is 0 Å². The third kappa shape index (κ3) is 13.7. The molecule has 0 unspecified atom stereocenters. The number of benzene rings is 3. The minimum atomic E-state index is -0.811. The molecule has 9 heteroatoms. The molecule has 0 saturated heterocycles. The van der Waals surface area contributed by atoms with Gasteiger partial charge in [-0.15, -0.1) is 0 Å². The van der Waals surface area contributed by atoms with Crippen molar-refractivity contribution in [3.63, 3.8) is 0 Å². The van der Waals surface area contributed by atoms with Gasteiger partial charge in [0.25, 0.3) is 0 Å². The van der Waals surface area contributed by atoms with Crippen molar-refractivity contribution in [1.82, 2.24) is 0 Å². The van der Waals surface area contributed by atoms with E-state index in [-0.39, 0.29) is 13.2 Å². The van der Waals surface area contributed by atoms with Crippen molar-refractivity contribution in [3.05, 3.63) is 95.6 Å². The predicted octanol–water partition coefficient (Wildman–Crippen LogP) is 5.10. The van der Waals surface area contributed by atoms with Gasteiger partial charge in [-0.1, -0.05) is 68.4 Å². The Kier molecular flexibility index (Phi) is 22.4. The third-order valence-electron chi connectivity index (χ3n) is 6.21. The first-order valence-corrected chi connectivity index (χ1v) is 15.1. The van der Waals surface area contributed by atoms with Gasteiger partial charge in [-0.3, -0.25) is 0 Å². The van der Waals surface area contributed by atoms with Gasteiger partial charge in [0.2, 0.25) is 0 Å². The number of methoxy groups -OCH3 is 3.